The standard InChI is InChI=1S/C19H20N2O3S/c1-14-6-9-16-4-3-5-18(19(16)21-14)25(22,23)20-13-12-15-7-10-17(24-2)11-8-15/h3-11,20H,12-13H2,1-2H3. The van der Waals surface area contributed by atoms with E-state index in [-0.39, 0.29) is 4.90 Å². The van der Waals surface area contributed by atoms with Crippen molar-refractivity contribution < 1.29 is 13.2 Å². The van der Waals surface area contributed by atoms with Crippen LogP contribution in [0, 0.1) is 6.92 Å². The van der Waals surface area contributed by atoms with Gasteiger partial charge in [-0.1, -0.05) is 30.3 Å². The summed E-state index contributed by atoms with van der Waals surface area (Å²) in [5.74, 6) is 0.779. The SMILES string of the molecule is COc1ccc(CCNS(=O)(=O)c2cccc3ccc(C)nc23)cc1. The first-order valence-electron chi connectivity index (χ1n) is 7.98. The van der Waals surface area contributed by atoms with Gasteiger partial charge in [-0.05, 0) is 43.2 Å². The fourth-order valence-electron chi connectivity index (χ4n) is 2.63. The van der Waals surface area contributed by atoms with E-state index in [2.05, 4.69) is 9.71 Å². The summed E-state index contributed by atoms with van der Waals surface area (Å²) >= 11 is 0. The maximum Gasteiger partial charge on any atom is 0.242 e. The zero-order valence-electron chi connectivity index (χ0n) is 14.2. The number of nitrogens with zero attached hydrogens (tertiary/aromatic N) is 1. The van der Waals surface area contributed by atoms with E-state index in [1.807, 2.05) is 49.4 Å². The van der Waals surface area contributed by atoms with Gasteiger partial charge in [-0.15, -0.1) is 0 Å². The first-order chi connectivity index (χ1) is 12.0. The van der Waals surface area contributed by atoms with Gasteiger partial charge in [-0.25, -0.2) is 13.1 Å². The number of rotatable bonds is 6. The highest BCUT2D eigenvalue weighted by Gasteiger charge is 2.17. The maximum absolute atomic E-state index is 12.7. The monoisotopic (exact) mass is 356 g/mol. The molecule has 0 saturated carbocycles. The highest BCUT2D eigenvalue weighted by molar-refractivity contribution is 7.89. The van der Waals surface area contributed by atoms with Crippen LogP contribution in [0.3, 0.4) is 0 Å². The van der Waals surface area contributed by atoms with Crippen LogP contribution in [0.4, 0.5) is 0 Å². The summed E-state index contributed by atoms with van der Waals surface area (Å²) in [6.07, 6.45) is 0.598. The second-order valence-corrected chi connectivity index (χ2v) is 7.51. The molecule has 0 aliphatic heterocycles. The molecule has 0 aliphatic carbocycles. The molecule has 130 valence electrons. The number of fused-ring (bicyclic) bond motifs is 1. The molecule has 0 aliphatic rings. The highest BCUT2D eigenvalue weighted by Crippen LogP contribution is 2.21. The van der Waals surface area contributed by atoms with E-state index in [0.29, 0.717) is 18.5 Å². The first-order valence-corrected chi connectivity index (χ1v) is 9.47. The van der Waals surface area contributed by atoms with E-state index in [1.54, 1.807) is 19.2 Å². The summed E-state index contributed by atoms with van der Waals surface area (Å²) in [5.41, 5.74) is 2.32. The van der Waals surface area contributed by atoms with Gasteiger partial charge in [0.1, 0.15) is 10.6 Å². The lowest BCUT2D eigenvalue weighted by molar-refractivity contribution is 0.414. The Morgan fingerprint density at radius 3 is 2.52 bits per heavy atom. The number of aromatic nitrogens is 1. The minimum Gasteiger partial charge on any atom is -0.497 e. The molecule has 3 aromatic rings. The number of para-hydroxylation sites is 1. The Morgan fingerprint density at radius 2 is 1.80 bits per heavy atom. The van der Waals surface area contributed by atoms with Crippen LogP contribution in [-0.4, -0.2) is 27.1 Å². The maximum atomic E-state index is 12.7. The number of hydrogen-bond acceptors (Lipinski definition) is 4. The minimum absolute atomic E-state index is 0.212. The second-order valence-electron chi connectivity index (χ2n) is 5.78. The molecule has 2 aromatic carbocycles. The number of aryl methyl sites for hydroxylation is 1. The molecule has 0 saturated heterocycles. The van der Waals surface area contributed by atoms with E-state index < -0.39 is 10.0 Å². The highest BCUT2D eigenvalue weighted by atomic mass is 32.2. The Hall–Kier alpha value is -2.44. The Morgan fingerprint density at radius 1 is 1.04 bits per heavy atom. The van der Waals surface area contributed by atoms with Gasteiger partial charge in [0.25, 0.3) is 0 Å². The van der Waals surface area contributed by atoms with Crippen molar-refractivity contribution in [1.29, 1.82) is 0 Å². The summed E-state index contributed by atoms with van der Waals surface area (Å²) in [5, 5.41) is 0.809. The smallest absolute Gasteiger partial charge is 0.242 e. The summed E-state index contributed by atoms with van der Waals surface area (Å²) in [7, 11) is -2.01. The van der Waals surface area contributed by atoms with E-state index in [0.717, 1.165) is 22.4 Å². The van der Waals surface area contributed by atoms with Gasteiger partial charge in [0.15, 0.2) is 0 Å². The van der Waals surface area contributed by atoms with E-state index in [9.17, 15) is 8.42 Å². The molecule has 6 heteroatoms. The van der Waals surface area contributed by atoms with Crippen molar-refractivity contribution in [2.45, 2.75) is 18.2 Å². The molecule has 25 heavy (non-hydrogen) atoms. The Labute approximate surface area is 147 Å². The molecule has 0 amide bonds. The van der Waals surface area contributed by atoms with Crippen molar-refractivity contribution >= 4 is 20.9 Å². The third-order valence-corrected chi connectivity index (χ3v) is 5.47. The third kappa shape index (κ3) is 3.97. The van der Waals surface area contributed by atoms with E-state index in [1.165, 1.54) is 0 Å². The van der Waals surface area contributed by atoms with Crippen LogP contribution in [0.1, 0.15) is 11.3 Å². The first kappa shape index (κ1) is 17.4. The van der Waals surface area contributed by atoms with Gasteiger partial charge in [0, 0.05) is 17.6 Å². The Kier molecular flexibility index (Phi) is 5.01. The van der Waals surface area contributed by atoms with Crippen LogP contribution in [0.25, 0.3) is 10.9 Å². The molecule has 0 unspecified atom stereocenters. The number of ether oxygens (including phenoxy) is 1. The fraction of sp³-hybridized carbons (Fsp3) is 0.211. The minimum atomic E-state index is -3.62. The van der Waals surface area contributed by atoms with Crippen LogP contribution in [0.5, 0.6) is 5.75 Å². The van der Waals surface area contributed by atoms with Crippen molar-refractivity contribution in [3.8, 4) is 5.75 Å². The van der Waals surface area contributed by atoms with Crippen molar-refractivity contribution in [2.75, 3.05) is 13.7 Å². The van der Waals surface area contributed by atoms with Crippen LogP contribution < -0.4 is 9.46 Å². The van der Waals surface area contributed by atoms with E-state index >= 15 is 0 Å². The Balaban J connectivity index is 1.76. The van der Waals surface area contributed by atoms with Crippen LogP contribution >= 0.6 is 0 Å². The lowest BCUT2D eigenvalue weighted by Gasteiger charge is -2.10. The molecular formula is C19H20N2O3S. The molecule has 1 heterocycles. The lowest BCUT2D eigenvalue weighted by atomic mass is 10.1. The number of benzene rings is 2. The van der Waals surface area contributed by atoms with Gasteiger partial charge in [-0.3, -0.25) is 4.98 Å². The van der Waals surface area contributed by atoms with Gasteiger partial charge in [0.2, 0.25) is 10.0 Å². The normalized spacial score (nSPS) is 11.6. The number of sulfonamides is 1. The molecule has 0 bridgehead atoms. The number of hydrogen-bond donors (Lipinski definition) is 1. The lowest BCUT2D eigenvalue weighted by Crippen LogP contribution is -2.26. The van der Waals surface area contributed by atoms with Gasteiger partial charge in [0.05, 0.1) is 12.6 Å². The number of methoxy groups -OCH3 is 1. The quantitative estimate of drug-likeness (QED) is 0.737. The number of nitrogens with one attached hydrogen (secondary N) is 1. The van der Waals surface area contributed by atoms with Crippen LogP contribution in [0.15, 0.2) is 59.5 Å². The Bertz CT molecular complexity index is 983. The molecule has 0 atom stereocenters. The van der Waals surface area contributed by atoms with Crippen molar-refractivity contribution in [3.63, 3.8) is 0 Å². The fourth-order valence-corrected chi connectivity index (χ4v) is 3.84. The van der Waals surface area contributed by atoms with Crippen LogP contribution in [0.2, 0.25) is 0 Å². The zero-order valence-corrected chi connectivity index (χ0v) is 15.0. The van der Waals surface area contributed by atoms with Gasteiger partial charge < -0.3 is 4.74 Å². The average Bonchev–Trinajstić information content (AvgIpc) is 2.61. The molecule has 0 radical (unpaired) electrons. The largest absolute Gasteiger partial charge is 0.497 e. The van der Waals surface area contributed by atoms with Crippen LogP contribution in [-0.2, 0) is 16.4 Å². The second kappa shape index (κ2) is 7.21. The van der Waals surface area contributed by atoms with Gasteiger partial charge >= 0.3 is 0 Å². The zero-order chi connectivity index (χ0) is 17.9. The summed E-state index contributed by atoms with van der Waals surface area (Å²) in [4.78, 5) is 4.61. The van der Waals surface area contributed by atoms with Gasteiger partial charge in [-0.2, -0.15) is 0 Å². The van der Waals surface area contributed by atoms with Crippen molar-refractivity contribution in [2.24, 2.45) is 0 Å². The molecule has 1 aromatic heterocycles. The summed E-state index contributed by atoms with van der Waals surface area (Å²) in [6.45, 7) is 2.16. The average molecular weight is 356 g/mol. The molecule has 3 rings (SSSR count). The predicted molar refractivity (Wildman–Crippen MR) is 98.4 cm³/mol. The molecule has 1 N–H and O–H groups in total. The third-order valence-electron chi connectivity index (χ3n) is 3.98. The molecule has 0 fully saturated rings. The summed E-state index contributed by atoms with van der Waals surface area (Å²) < 4.78 is 33.1. The van der Waals surface area contributed by atoms with Crippen molar-refractivity contribution in [1.82, 2.24) is 9.71 Å². The van der Waals surface area contributed by atoms with E-state index in [4.69, 9.17) is 4.74 Å². The molecular weight excluding hydrogens is 336 g/mol. The molecule has 0 spiro atoms. The number of pyridine rings is 1. The van der Waals surface area contributed by atoms with Crippen molar-refractivity contribution in [3.05, 3.63) is 65.9 Å². The predicted octanol–water partition coefficient (Wildman–Crippen LogP) is 3.07. The molecule has 5 nitrogen and oxygen atoms in total. The summed E-state index contributed by atoms with van der Waals surface area (Å²) in [6, 6.07) is 16.5. The topological polar surface area (TPSA) is 68.3 Å².